The first kappa shape index (κ1) is 13.9. The fraction of sp³-hybridized carbons (Fsp3) is 0.133. The molecule has 0 aliphatic heterocycles. The fourth-order valence-corrected chi connectivity index (χ4v) is 2.26. The second-order valence-corrected chi connectivity index (χ2v) is 5.11. The Morgan fingerprint density at radius 3 is 2.21 bits per heavy atom. The minimum atomic E-state index is -0.259. The van der Waals surface area contributed by atoms with E-state index in [1.165, 1.54) is 0 Å². The van der Waals surface area contributed by atoms with Crippen molar-refractivity contribution in [2.24, 2.45) is 0 Å². The van der Waals surface area contributed by atoms with E-state index in [9.17, 15) is 4.79 Å². The van der Waals surface area contributed by atoms with E-state index >= 15 is 0 Å². The second-order valence-electron chi connectivity index (χ2n) is 4.32. The average molecular weight is 294 g/mol. The van der Waals surface area contributed by atoms with E-state index in [-0.39, 0.29) is 10.9 Å². The first-order chi connectivity index (χ1) is 9.00. The molecule has 98 valence electrons. The number of carbonyl (C=O) groups is 1. The number of benzene rings is 2. The van der Waals surface area contributed by atoms with Crippen molar-refractivity contribution in [2.75, 3.05) is 5.32 Å². The van der Waals surface area contributed by atoms with Crippen molar-refractivity contribution in [1.29, 1.82) is 0 Å². The van der Waals surface area contributed by atoms with E-state index < -0.39 is 0 Å². The van der Waals surface area contributed by atoms with Crippen LogP contribution < -0.4 is 5.32 Å². The maximum atomic E-state index is 12.2. The van der Waals surface area contributed by atoms with Gasteiger partial charge in [-0.2, -0.15) is 0 Å². The molecule has 19 heavy (non-hydrogen) atoms. The van der Waals surface area contributed by atoms with Gasteiger partial charge in [0.2, 0.25) is 0 Å². The molecule has 0 bridgehead atoms. The summed E-state index contributed by atoms with van der Waals surface area (Å²) in [6.07, 6.45) is 0. The Morgan fingerprint density at radius 1 is 1.00 bits per heavy atom. The molecule has 4 heteroatoms. The predicted molar refractivity (Wildman–Crippen MR) is 80.3 cm³/mol. The summed E-state index contributed by atoms with van der Waals surface area (Å²) in [5.41, 5.74) is 3.19. The Morgan fingerprint density at radius 2 is 1.58 bits per heavy atom. The van der Waals surface area contributed by atoms with E-state index in [2.05, 4.69) is 5.32 Å². The summed E-state index contributed by atoms with van der Waals surface area (Å²) in [6, 6.07) is 10.8. The van der Waals surface area contributed by atoms with Crippen LogP contribution in [0.15, 0.2) is 36.4 Å². The molecule has 0 radical (unpaired) electrons. The molecule has 0 unspecified atom stereocenters. The summed E-state index contributed by atoms with van der Waals surface area (Å²) in [5, 5.41) is 3.52. The molecule has 2 aromatic carbocycles. The SMILES string of the molecule is Cc1cccc(C)c1NC(=O)c1cccc(Cl)c1Cl. The van der Waals surface area contributed by atoms with Gasteiger partial charge in [-0.25, -0.2) is 0 Å². The van der Waals surface area contributed by atoms with Crippen LogP contribution >= 0.6 is 23.2 Å². The number of rotatable bonds is 2. The summed E-state index contributed by atoms with van der Waals surface area (Å²) < 4.78 is 0. The Kier molecular flexibility index (Phi) is 4.13. The van der Waals surface area contributed by atoms with E-state index in [1.807, 2.05) is 32.0 Å². The highest BCUT2D eigenvalue weighted by Gasteiger charge is 2.14. The van der Waals surface area contributed by atoms with Crippen LogP contribution in [0.3, 0.4) is 0 Å². The first-order valence-corrected chi connectivity index (χ1v) is 6.58. The van der Waals surface area contributed by atoms with E-state index in [0.29, 0.717) is 10.6 Å². The van der Waals surface area contributed by atoms with Gasteiger partial charge in [-0.05, 0) is 37.1 Å². The van der Waals surface area contributed by atoms with Crippen molar-refractivity contribution in [3.05, 3.63) is 63.1 Å². The van der Waals surface area contributed by atoms with Crippen LogP contribution in [0, 0.1) is 13.8 Å². The maximum Gasteiger partial charge on any atom is 0.257 e. The number of carbonyl (C=O) groups excluding carboxylic acids is 1. The Labute approximate surface area is 122 Å². The zero-order valence-corrected chi connectivity index (χ0v) is 12.1. The summed E-state index contributed by atoms with van der Waals surface area (Å²) in [7, 11) is 0. The lowest BCUT2D eigenvalue weighted by Crippen LogP contribution is -2.14. The molecule has 0 fully saturated rings. The third-order valence-electron chi connectivity index (χ3n) is 2.92. The van der Waals surface area contributed by atoms with Crippen LogP contribution in [0.2, 0.25) is 10.0 Å². The summed E-state index contributed by atoms with van der Waals surface area (Å²) >= 11 is 12.0. The van der Waals surface area contributed by atoms with Gasteiger partial charge in [0.25, 0.3) is 5.91 Å². The number of hydrogen-bond donors (Lipinski definition) is 1. The smallest absolute Gasteiger partial charge is 0.257 e. The van der Waals surface area contributed by atoms with Crippen LogP contribution in [0.25, 0.3) is 0 Å². The largest absolute Gasteiger partial charge is 0.321 e. The van der Waals surface area contributed by atoms with Crippen LogP contribution in [0.5, 0.6) is 0 Å². The van der Waals surface area contributed by atoms with E-state index in [1.54, 1.807) is 18.2 Å². The minimum absolute atomic E-state index is 0.259. The Hall–Kier alpha value is -1.51. The van der Waals surface area contributed by atoms with Crippen molar-refractivity contribution >= 4 is 34.8 Å². The predicted octanol–water partition coefficient (Wildman–Crippen LogP) is 4.86. The molecule has 0 aromatic heterocycles. The van der Waals surface area contributed by atoms with Gasteiger partial charge in [0.05, 0.1) is 15.6 Å². The third kappa shape index (κ3) is 2.91. The molecular weight excluding hydrogens is 281 g/mol. The van der Waals surface area contributed by atoms with Crippen molar-refractivity contribution in [3.63, 3.8) is 0 Å². The molecule has 0 spiro atoms. The topological polar surface area (TPSA) is 29.1 Å². The summed E-state index contributed by atoms with van der Waals surface area (Å²) in [6.45, 7) is 3.89. The molecule has 0 heterocycles. The Balaban J connectivity index is 2.34. The first-order valence-electron chi connectivity index (χ1n) is 5.82. The Bertz CT molecular complexity index is 618. The van der Waals surface area contributed by atoms with Gasteiger partial charge in [-0.15, -0.1) is 0 Å². The zero-order chi connectivity index (χ0) is 14.0. The quantitative estimate of drug-likeness (QED) is 0.841. The summed E-state index contributed by atoms with van der Waals surface area (Å²) in [5.74, 6) is -0.259. The lowest BCUT2D eigenvalue weighted by atomic mass is 10.1. The van der Waals surface area contributed by atoms with Gasteiger partial charge < -0.3 is 5.32 Å². The maximum absolute atomic E-state index is 12.2. The van der Waals surface area contributed by atoms with Crippen LogP contribution in [0.1, 0.15) is 21.5 Å². The van der Waals surface area contributed by atoms with Crippen LogP contribution in [-0.4, -0.2) is 5.91 Å². The second kappa shape index (κ2) is 5.64. The van der Waals surface area contributed by atoms with E-state index in [4.69, 9.17) is 23.2 Å². The average Bonchev–Trinajstić information content (AvgIpc) is 2.37. The molecule has 2 nitrogen and oxygen atoms in total. The van der Waals surface area contributed by atoms with Crippen LogP contribution in [0.4, 0.5) is 5.69 Å². The van der Waals surface area contributed by atoms with Gasteiger partial charge in [0.1, 0.15) is 0 Å². The molecule has 0 atom stereocenters. The number of hydrogen-bond acceptors (Lipinski definition) is 1. The van der Waals surface area contributed by atoms with Gasteiger partial charge in [0, 0.05) is 5.69 Å². The zero-order valence-electron chi connectivity index (χ0n) is 10.6. The normalized spacial score (nSPS) is 10.3. The van der Waals surface area contributed by atoms with Crippen molar-refractivity contribution in [3.8, 4) is 0 Å². The van der Waals surface area contributed by atoms with Gasteiger partial charge >= 0.3 is 0 Å². The lowest BCUT2D eigenvalue weighted by molar-refractivity contribution is 0.102. The number of anilines is 1. The number of amides is 1. The number of para-hydroxylation sites is 1. The molecular formula is C15H13Cl2NO. The van der Waals surface area contributed by atoms with Gasteiger partial charge in [0.15, 0.2) is 0 Å². The monoisotopic (exact) mass is 293 g/mol. The van der Waals surface area contributed by atoms with Crippen molar-refractivity contribution < 1.29 is 4.79 Å². The highest BCUT2D eigenvalue weighted by molar-refractivity contribution is 6.44. The van der Waals surface area contributed by atoms with E-state index in [0.717, 1.165) is 16.8 Å². The lowest BCUT2D eigenvalue weighted by Gasteiger charge is -2.12. The fourth-order valence-electron chi connectivity index (χ4n) is 1.87. The highest BCUT2D eigenvalue weighted by Crippen LogP contribution is 2.27. The number of halogens is 2. The van der Waals surface area contributed by atoms with Crippen LogP contribution in [-0.2, 0) is 0 Å². The highest BCUT2D eigenvalue weighted by atomic mass is 35.5. The molecule has 0 aliphatic carbocycles. The molecule has 2 aromatic rings. The van der Waals surface area contributed by atoms with Crippen molar-refractivity contribution in [2.45, 2.75) is 13.8 Å². The van der Waals surface area contributed by atoms with Gasteiger partial charge in [-0.3, -0.25) is 4.79 Å². The number of aryl methyl sites for hydroxylation is 2. The summed E-state index contributed by atoms with van der Waals surface area (Å²) in [4.78, 5) is 12.2. The minimum Gasteiger partial charge on any atom is -0.321 e. The number of nitrogens with one attached hydrogen (secondary N) is 1. The van der Waals surface area contributed by atoms with Gasteiger partial charge in [-0.1, -0.05) is 47.5 Å². The molecule has 1 amide bonds. The molecule has 0 saturated heterocycles. The molecule has 0 aliphatic rings. The van der Waals surface area contributed by atoms with Crippen molar-refractivity contribution in [1.82, 2.24) is 0 Å². The molecule has 1 N–H and O–H groups in total. The molecule has 0 saturated carbocycles. The molecule has 2 rings (SSSR count). The standard InChI is InChI=1S/C15H13Cl2NO/c1-9-5-3-6-10(2)14(9)18-15(19)11-7-4-8-12(16)13(11)17/h3-8H,1-2H3,(H,18,19). The third-order valence-corrected chi connectivity index (χ3v) is 3.73.